The van der Waals surface area contributed by atoms with Crippen molar-refractivity contribution in [3.05, 3.63) is 17.7 Å². The Labute approximate surface area is 124 Å². The van der Waals surface area contributed by atoms with Crippen LogP contribution in [0.5, 0.6) is 5.88 Å². The lowest BCUT2D eigenvalue weighted by atomic mass is 10.0. The summed E-state index contributed by atoms with van der Waals surface area (Å²) in [6.07, 6.45) is -5.16. The van der Waals surface area contributed by atoms with Crippen molar-refractivity contribution < 1.29 is 32.5 Å². The van der Waals surface area contributed by atoms with Crippen LogP contribution in [0.15, 0.2) is 12.1 Å². The lowest BCUT2D eigenvalue weighted by Gasteiger charge is -2.26. The summed E-state index contributed by atoms with van der Waals surface area (Å²) in [6.45, 7) is -0.631. The van der Waals surface area contributed by atoms with Gasteiger partial charge >= 0.3 is 12.1 Å². The number of esters is 1. The molecule has 1 saturated heterocycles. The summed E-state index contributed by atoms with van der Waals surface area (Å²) < 4.78 is 48.0. The number of aromatic nitrogens is 1. The molecule has 1 atom stereocenters. The largest absolute Gasteiger partial charge is 0.480 e. The van der Waals surface area contributed by atoms with Crippen molar-refractivity contribution >= 4 is 11.8 Å². The Hall–Kier alpha value is -2.03. The molecule has 1 N–H and O–H groups in total. The van der Waals surface area contributed by atoms with Gasteiger partial charge in [0.2, 0.25) is 5.88 Å². The Morgan fingerprint density at radius 3 is 2.59 bits per heavy atom. The van der Waals surface area contributed by atoms with E-state index in [0.717, 1.165) is 0 Å². The maximum Gasteiger partial charge on any atom is 0.418 e. The van der Waals surface area contributed by atoms with Crippen LogP contribution in [-0.2, 0) is 4.74 Å². The fourth-order valence-corrected chi connectivity index (χ4v) is 2.25. The number of β-amino-alcohol motifs (C(OH)–C–C–N with tert-alkyl or cyclic N) is 1. The van der Waals surface area contributed by atoms with Crippen molar-refractivity contribution in [3.63, 3.8) is 0 Å². The van der Waals surface area contributed by atoms with Crippen molar-refractivity contribution in [1.82, 2.24) is 4.98 Å². The van der Waals surface area contributed by atoms with Gasteiger partial charge in [-0.15, -0.1) is 0 Å². The fraction of sp³-hybridized carbons (Fsp3) is 0.538. The molecule has 0 radical (unpaired) electrons. The zero-order chi connectivity index (χ0) is 16.5. The van der Waals surface area contributed by atoms with Gasteiger partial charge in [-0.2, -0.15) is 18.2 Å². The molecule has 0 bridgehead atoms. The van der Waals surface area contributed by atoms with Crippen molar-refractivity contribution in [2.75, 3.05) is 32.2 Å². The smallest absolute Gasteiger partial charge is 0.418 e. The number of methoxy groups -OCH3 is 2. The third kappa shape index (κ3) is 2.80. The predicted octanol–water partition coefficient (Wildman–Crippen LogP) is 1.38. The van der Waals surface area contributed by atoms with E-state index in [1.54, 1.807) is 0 Å². The molecule has 1 aliphatic heterocycles. The predicted molar refractivity (Wildman–Crippen MR) is 70.0 cm³/mol. The minimum Gasteiger partial charge on any atom is -0.480 e. The summed E-state index contributed by atoms with van der Waals surface area (Å²) in [5, 5.41) is 9.67. The Balaban J connectivity index is 2.26. The molecule has 1 aliphatic rings. The molecule has 6 nitrogen and oxygen atoms in total. The number of ether oxygens (including phenoxy) is 2. The highest BCUT2D eigenvalue weighted by Crippen LogP contribution is 2.39. The van der Waals surface area contributed by atoms with Gasteiger partial charge in [-0.3, -0.25) is 0 Å². The first kappa shape index (κ1) is 16.3. The van der Waals surface area contributed by atoms with Crippen LogP contribution in [0.2, 0.25) is 0 Å². The number of pyridine rings is 1. The third-order valence-electron chi connectivity index (χ3n) is 3.54. The van der Waals surface area contributed by atoms with E-state index in [-0.39, 0.29) is 23.8 Å². The molecule has 1 unspecified atom stereocenters. The highest BCUT2D eigenvalue weighted by Gasteiger charge is 2.57. The summed E-state index contributed by atoms with van der Waals surface area (Å²) in [5.74, 6) is -0.527. The van der Waals surface area contributed by atoms with Gasteiger partial charge < -0.3 is 19.5 Å². The molecule has 1 aromatic rings. The second-order valence-electron chi connectivity index (χ2n) is 4.92. The molecule has 1 fully saturated rings. The molecule has 2 rings (SSSR count). The van der Waals surface area contributed by atoms with E-state index in [1.165, 1.54) is 31.3 Å². The number of hydrogen-bond acceptors (Lipinski definition) is 6. The second-order valence-corrected chi connectivity index (χ2v) is 4.92. The average molecular weight is 320 g/mol. The number of carbonyl (C=O) groups excluding carboxylic acids is 1. The van der Waals surface area contributed by atoms with E-state index >= 15 is 0 Å². The lowest BCUT2D eigenvalue weighted by Crippen LogP contribution is -2.47. The summed E-state index contributed by atoms with van der Waals surface area (Å²) in [6, 6.07) is 2.74. The van der Waals surface area contributed by atoms with Gasteiger partial charge in [0.1, 0.15) is 11.4 Å². The van der Waals surface area contributed by atoms with Crippen LogP contribution in [0.25, 0.3) is 0 Å². The number of halogens is 3. The van der Waals surface area contributed by atoms with Crippen molar-refractivity contribution in [3.8, 4) is 5.88 Å². The highest BCUT2D eigenvalue weighted by molar-refractivity contribution is 5.92. The normalized spacial score (nSPS) is 21.8. The Bertz CT molecular complexity index is 579. The molecule has 0 saturated carbocycles. The minimum atomic E-state index is -4.71. The quantitative estimate of drug-likeness (QED) is 0.849. The monoisotopic (exact) mass is 320 g/mol. The molecule has 0 aliphatic carbocycles. The van der Waals surface area contributed by atoms with E-state index in [2.05, 4.69) is 9.72 Å². The highest BCUT2D eigenvalue weighted by atomic mass is 19.4. The summed E-state index contributed by atoms with van der Waals surface area (Å²) >= 11 is 0. The zero-order valence-corrected chi connectivity index (χ0v) is 12.0. The molecule has 2 heterocycles. The van der Waals surface area contributed by atoms with E-state index in [1.807, 2.05) is 0 Å². The van der Waals surface area contributed by atoms with Crippen LogP contribution in [-0.4, -0.2) is 55.1 Å². The topological polar surface area (TPSA) is 71.9 Å². The summed E-state index contributed by atoms with van der Waals surface area (Å²) in [4.78, 5) is 16.8. The van der Waals surface area contributed by atoms with Gasteiger partial charge in [-0.25, -0.2) is 4.79 Å². The maximum atomic E-state index is 12.8. The first-order chi connectivity index (χ1) is 10.2. The van der Waals surface area contributed by atoms with Gasteiger partial charge in [-0.05, 0) is 12.1 Å². The number of alkyl halides is 3. The average Bonchev–Trinajstić information content (AvgIpc) is 2.89. The number of aliphatic hydroxyl groups is 1. The number of rotatable bonds is 3. The molecule has 9 heteroatoms. The SMILES string of the molecule is COC(=O)c1ccc(N2CCC(O)(C(F)(F)F)C2)nc1OC. The number of hydrogen-bond donors (Lipinski definition) is 1. The molecule has 1 aromatic heterocycles. The molecule has 122 valence electrons. The lowest BCUT2D eigenvalue weighted by molar-refractivity contribution is -0.250. The van der Waals surface area contributed by atoms with Crippen molar-refractivity contribution in [2.24, 2.45) is 0 Å². The van der Waals surface area contributed by atoms with Crippen LogP contribution in [0.4, 0.5) is 19.0 Å². The molecule has 0 aromatic carbocycles. The van der Waals surface area contributed by atoms with Crippen LogP contribution >= 0.6 is 0 Å². The zero-order valence-electron chi connectivity index (χ0n) is 12.0. The van der Waals surface area contributed by atoms with Gasteiger partial charge in [0.15, 0.2) is 5.60 Å². The number of carbonyl (C=O) groups is 1. The number of nitrogens with zero attached hydrogens (tertiary/aromatic N) is 2. The second kappa shape index (κ2) is 5.64. The maximum absolute atomic E-state index is 12.8. The number of anilines is 1. The van der Waals surface area contributed by atoms with Gasteiger partial charge in [0, 0.05) is 13.0 Å². The van der Waals surface area contributed by atoms with E-state index in [4.69, 9.17) is 4.74 Å². The fourth-order valence-electron chi connectivity index (χ4n) is 2.25. The van der Waals surface area contributed by atoms with E-state index in [0.29, 0.717) is 0 Å². The molecule has 0 spiro atoms. The first-order valence-electron chi connectivity index (χ1n) is 6.39. The van der Waals surface area contributed by atoms with Crippen LogP contribution in [0.3, 0.4) is 0 Å². The Morgan fingerprint density at radius 1 is 1.41 bits per heavy atom. The van der Waals surface area contributed by atoms with Crippen LogP contribution < -0.4 is 9.64 Å². The van der Waals surface area contributed by atoms with Gasteiger partial charge in [-0.1, -0.05) is 0 Å². The molecular weight excluding hydrogens is 305 g/mol. The van der Waals surface area contributed by atoms with Gasteiger partial charge in [0.25, 0.3) is 0 Å². The third-order valence-corrected chi connectivity index (χ3v) is 3.54. The first-order valence-corrected chi connectivity index (χ1v) is 6.39. The van der Waals surface area contributed by atoms with Crippen LogP contribution in [0.1, 0.15) is 16.8 Å². The standard InChI is InChI=1S/C13H15F3N2O4/c1-21-10-8(11(19)22-2)3-4-9(17-10)18-6-5-12(20,7-18)13(14,15)16/h3-4,20H,5-7H2,1-2H3. The van der Waals surface area contributed by atoms with Crippen molar-refractivity contribution in [1.29, 1.82) is 0 Å². The summed E-state index contributed by atoms with van der Waals surface area (Å²) in [5.41, 5.74) is -2.69. The Kier molecular flexibility index (Phi) is 4.19. The van der Waals surface area contributed by atoms with Gasteiger partial charge in [0.05, 0.1) is 20.8 Å². The summed E-state index contributed by atoms with van der Waals surface area (Å²) in [7, 11) is 2.48. The van der Waals surface area contributed by atoms with E-state index < -0.39 is 30.7 Å². The van der Waals surface area contributed by atoms with Crippen molar-refractivity contribution in [2.45, 2.75) is 18.2 Å². The van der Waals surface area contributed by atoms with E-state index in [9.17, 15) is 23.1 Å². The molecule has 22 heavy (non-hydrogen) atoms. The molecular formula is C13H15F3N2O4. The minimum absolute atomic E-state index is 0.0102. The Morgan fingerprint density at radius 2 is 2.09 bits per heavy atom. The molecule has 0 amide bonds. The van der Waals surface area contributed by atoms with Crippen LogP contribution in [0, 0.1) is 0 Å².